The average Bonchev–Trinajstić information content (AvgIpc) is 2.84. The number of nitrogens with zero attached hydrogens (tertiary/aromatic N) is 2. The first-order valence-corrected chi connectivity index (χ1v) is 8.26. The van der Waals surface area contributed by atoms with Gasteiger partial charge >= 0.3 is 0 Å². The van der Waals surface area contributed by atoms with Crippen molar-refractivity contribution in [2.75, 3.05) is 0 Å². The third-order valence-electron chi connectivity index (χ3n) is 3.88. The van der Waals surface area contributed by atoms with Gasteiger partial charge in [-0.25, -0.2) is 4.39 Å². The standard InChI is InChI=1S/C18H17FN2OS/c1-4-21-15-8-11(2)12(3)9-16(15)23-18(21)20-17(22)13-6-5-7-14(19)10-13/h5-10H,4H2,1-3H3. The molecule has 1 amide bonds. The topological polar surface area (TPSA) is 34.4 Å². The summed E-state index contributed by atoms with van der Waals surface area (Å²) >= 11 is 1.48. The number of benzene rings is 2. The van der Waals surface area contributed by atoms with Gasteiger partial charge in [0.1, 0.15) is 5.82 Å². The zero-order valence-corrected chi connectivity index (χ0v) is 14.1. The van der Waals surface area contributed by atoms with Crippen LogP contribution >= 0.6 is 11.3 Å². The van der Waals surface area contributed by atoms with Gasteiger partial charge in [0.15, 0.2) is 4.80 Å². The highest BCUT2D eigenvalue weighted by molar-refractivity contribution is 7.16. The minimum Gasteiger partial charge on any atom is -0.317 e. The smallest absolute Gasteiger partial charge is 0.279 e. The van der Waals surface area contributed by atoms with Crippen molar-refractivity contribution in [3.8, 4) is 0 Å². The van der Waals surface area contributed by atoms with Crippen LogP contribution in [-0.4, -0.2) is 10.5 Å². The van der Waals surface area contributed by atoms with Gasteiger partial charge in [0.2, 0.25) is 0 Å². The zero-order chi connectivity index (χ0) is 16.6. The number of fused-ring (bicyclic) bond motifs is 1. The van der Waals surface area contributed by atoms with Crippen molar-refractivity contribution in [2.45, 2.75) is 27.3 Å². The monoisotopic (exact) mass is 328 g/mol. The molecule has 0 saturated heterocycles. The van der Waals surface area contributed by atoms with Crippen LogP contribution in [0.2, 0.25) is 0 Å². The van der Waals surface area contributed by atoms with E-state index in [0.29, 0.717) is 4.80 Å². The molecule has 1 heterocycles. The van der Waals surface area contributed by atoms with Crippen LogP contribution in [-0.2, 0) is 6.54 Å². The molecule has 0 atom stereocenters. The van der Waals surface area contributed by atoms with Crippen molar-refractivity contribution in [3.05, 3.63) is 63.7 Å². The van der Waals surface area contributed by atoms with Crippen LogP contribution in [0.5, 0.6) is 0 Å². The Hall–Kier alpha value is -2.27. The summed E-state index contributed by atoms with van der Waals surface area (Å²) < 4.78 is 16.4. The normalized spacial score (nSPS) is 12.1. The third-order valence-corrected chi connectivity index (χ3v) is 4.92. The molecule has 0 bridgehead atoms. The van der Waals surface area contributed by atoms with Crippen LogP contribution in [0, 0.1) is 19.7 Å². The second-order valence-electron chi connectivity index (χ2n) is 5.46. The summed E-state index contributed by atoms with van der Waals surface area (Å²) in [6, 6.07) is 9.86. The Morgan fingerprint density at radius 2 is 1.96 bits per heavy atom. The molecule has 2 aromatic carbocycles. The molecule has 0 spiro atoms. The van der Waals surface area contributed by atoms with Crippen LogP contribution in [0.15, 0.2) is 41.4 Å². The number of rotatable bonds is 2. The highest BCUT2D eigenvalue weighted by atomic mass is 32.1. The predicted octanol–water partition coefficient (Wildman–Crippen LogP) is 4.22. The van der Waals surface area contributed by atoms with Gasteiger partial charge in [-0.05, 0) is 62.2 Å². The largest absolute Gasteiger partial charge is 0.317 e. The quantitative estimate of drug-likeness (QED) is 0.693. The zero-order valence-electron chi connectivity index (χ0n) is 13.3. The second-order valence-corrected chi connectivity index (χ2v) is 6.47. The lowest BCUT2D eigenvalue weighted by Gasteiger charge is -2.03. The molecule has 0 aliphatic rings. The molecule has 1 aromatic heterocycles. The fourth-order valence-electron chi connectivity index (χ4n) is 2.49. The summed E-state index contributed by atoms with van der Waals surface area (Å²) in [6.45, 7) is 6.88. The molecule has 3 aromatic rings. The summed E-state index contributed by atoms with van der Waals surface area (Å²) in [7, 11) is 0. The number of halogens is 1. The second kappa shape index (κ2) is 6.08. The Balaban J connectivity index is 2.17. The van der Waals surface area contributed by atoms with E-state index in [-0.39, 0.29) is 5.56 Å². The number of amides is 1. The molecule has 0 fully saturated rings. The van der Waals surface area contributed by atoms with Gasteiger partial charge in [-0.3, -0.25) is 4.79 Å². The van der Waals surface area contributed by atoms with Crippen LogP contribution in [0.3, 0.4) is 0 Å². The molecule has 0 N–H and O–H groups in total. The van der Waals surface area contributed by atoms with E-state index in [0.717, 1.165) is 16.8 Å². The first-order chi connectivity index (χ1) is 11.0. The van der Waals surface area contributed by atoms with Gasteiger partial charge in [-0.2, -0.15) is 4.99 Å². The van der Waals surface area contributed by atoms with Crippen molar-refractivity contribution < 1.29 is 9.18 Å². The van der Waals surface area contributed by atoms with Crippen LogP contribution in [0.25, 0.3) is 10.2 Å². The summed E-state index contributed by atoms with van der Waals surface area (Å²) in [5, 5.41) is 0. The number of aryl methyl sites for hydroxylation is 3. The van der Waals surface area contributed by atoms with E-state index in [9.17, 15) is 9.18 Å². The van der Waals surface area contributed by atoms with Crippen molar-refractivity contribution >= 4 is 27.5 Å². The first kappa shape index (κ1) is 15.6. The number of hydrogen-bond acceptors (Lipinski definition) is 2. The van der Waals surface area contributed by atoms with Gasteiger partial charge < -0.3 is 4.57 Å². The van der Waals surface area contributed by atoms with E-state index in [1.165, 1.54) is 40.7 Å². The summed E-state index contributed by atoms with van der Waals surface area (Å²) in [5.74, 6) is -0.858. The first-order valence-electron chi connectivity index (χ1n) is 7.45. The van der Waals surface area contributed by atoms with Crippen LogP contribution < -0.4 is 4.80 Å². The predicted molar refractivity (Wildman–Crippen MR) is 91.3 cm³/mol. The molecule has 0 unspecified atom stereocenters. The Bertz CT molecular complexity index is 969. The van der Waals surface area contributed by atoms with E-state index in [2.05, 4.69) is 31.0 Å². The molecular weight excluding hydrogens is 311 g/mol. The summed E-state index contributed by atoms with van der Waals surface area (Å²) in [4.78, 5) is 17.2. The SMILES string of the molecule is CCn1c(=NC(=O)c2cccc(F)c2)sc2cc(C)c(C)cc21. The van der Waals surface area contributed by atoms with Gasteiger partial charge in [0, 0.05) is 12.1 Å². The molecule has 3 nitrogen and oxygen atoms in total. The van der Waals surface area contributed by atoms with Crippen molar-refractivity contribution in [1.29, 1.82) is 0 Å². The minimum absolute atomic E-state index is 0.262. The fraction of sp³-hybridized carbons (Fsp3) is 0.222. The molecule has 0 aliphatic carbocycles. The third kappa shape index (κ3) is 2.97. The lowest BCUT2D eigenvalue weighted by atomic mass is 10.1. The Morgan fingerprint density at radius 3 is 2.65 bits per heavy atom. The van der Waals surface area contributed by atoms with Crippen LogP contribution in [0.1, 0.15) is 28.4 Å². The average molecular weight is 328 g/mol. The van der Waals surface area contributed by atoms with E-state index in [4.69, 9.17) is 0 Å². The molecule has 0 radical (unpaired) electrons. The maximum Gasteiger partial charge on any atom is 0.279 e. The number of carbonyl (C=O) groups is 1. The van der Waals surface area contributed by atoms with Crippen molar-refractivity contribution in [1.82, 2.24) is 4.57 Å². The van der Waals surface area contributed by atoms with E-state index < -0.39 is 11.7 Å². The summed E-state index contributed by atoms with van der Waals surface area (Å²) in [6.07, 6.45) is 0. The van der Waals surface area contributed by atoms with Gasteiger partial charge in [-0.15, -0.1) is 0 Å². The highest BCUT2D eigenvalue weighted by Gasteiger charge is 2.10. The maximum atomic E-state index is 13.3. The van der Waals surface area contributed by atoms with Crippen molar-refractivity contribution in [3.63, 3.8) is 0 Å². The molecule has 3 rings (SSSR count). The van der Waals surface area contributed by atoms with E-state index in [1.807, 2.05) is 11.5 Å². The molecule has 0 saturated carbocycles. The van der Waals surface area contributed by atoms with Crippen LogP contribution in [0.4, 0.5) is 4.39 Å². The van der Waals surface area contributed by atoms with Gasteiger partial charge in [-0.1, -0.05) is 17.4 Å². The molecule has 5 heteroatoms. The number of thiazole rings is 1. The molecule has 0 aliphatic heterocycles. The Morgan fingerprint density at radius 1 is 1.22 bits per heavy atom. The van der Waals surface area contributed by atoms with Gasteiger partial charge in [0.25, 0.3) is 5.91 Å². The maximum absolute atomic E-state index is 13.3. The molecule has 118 valence electrons. The summed E-state index contributed by atoms with van der Waals surface area (Å²) in [5.41, 5.74) is 3.76. The molecular formula is C18H17FN2OS. The molecule has 23 heavy (non-hydrogen) atoms. The van der Waals surface area contributed by atoms with Gasteiger partial charge in [0.05, 0.1) is 10.2 Å². The fourth-order valence-corrected chi connectivity index (χ4v) is 3.66. The lowest BCUT2D eigenvalue weighted by Crippen LogP contribution is -2.16. The Labute approximate surface area is 137 Å². The lowest BCUT2D eigenvalue weighted by molar-refractivity contribution is 0.0997. The van der Waals surface area contributed by atoms with E-state index >= 15 is 0 Å². The number of carbonyl (C=O) groups excluding carboxylic acids is 1. The minimum atomic E-state index is -0.433. The van der Waals surface area contributed by atoms with Crippen molar-refractivity contribution in [2.24, 2.45) is 4.99 Å². The highest BCUT2D eigenvalue weighted by Crippen LogP contribution is 2.22. The van der Waals surface area contributed by atoms with E-state index in [1.54, 1.807) is 6.07 Å². The Kier molecular flexibility index (Phi) is 4.13. The number of aromatic nitrogens is 1. The number of hydrogen-bond donors (Lipinski definition) is 0.